The van der Waals surface area contributed by atoms with Gasteiger partial charge in [0.2, 0.25) is 5.13 Å². The van der Waals surface area contributed by atoms with E-state index in [0.29, 0.717) is 9.37 Å². The average molecular weight is 313 g/mol. The van der Waals surface area contributed by atoms with Crippen molar-refractivity contribution in [2.24, 2.45) is 5.84 Å². The molecule has 0 atom stereocenters. The lowest BCUT2D eigenvalue weighted by Gasteiger charge is -2.04. The highest BCUT2D eigenvalue weighted by Gasteiger charge is 2.14. The van der Waals surface area contributed by atoms with E-state index in [9.17, 15) is 10.1 Å². The largest absolute Gasteiger partial charge is 0.353 e. The molecular weight excluding hydrogens is 302 g/mol. The first-order chi connectivity index (χ1) is 9.49. The molecule has 9 nitrogen and oxygen atoms in total. The van der Waals surface area contributed by atoms with E-state index in [4.69, 9.17) is 5.84 Å². The third kappa shape index (κ3) is 3.31. The summed E-state index contributed by atoms with van der Waals surface area (Å²) >= 11 is 2.56. The minimum atomic E-state index is -0.502. The van der Waals surface area contributed by atoms with E-state index in [1.807, 2.05) is 19.0 Å². The van der Waals surface area contributed by atoms with Crippen LogP contribution in [-0.4, -0.2) is 34.2 Å². The van der Waals surface area contributed by atoms with Gasteiger partial charge in [0.25, 0.3) is 5.69 Å². The Hall–Kier alpha value is -1.98. The summed E-state index contributed by atoms with van der Waals surface area (Å²) in [5.74, 6) is 5.47. The molecule has 0 saturated carbocycles. The number of nitrogens with two attached hydrogens (primary N) is 1. The molecule has 0 amide bonds. The van der Waals surface area contributed by atoms with Gasteiger partial charge in [-0.15, -0.1) is 10.2 Å². The molecule has 0 fully saturated rings. The van der Waals surface area contributed by atoms with Crippen LogP contribution < -0.4 is 16.2 Å². The SMILES string of the molecule is CN(C)c1nnc(Sc2cc([N+](=O)[O-])cc(NN)n2)s1. The zero-order valence-electron chi connectivity index (χ0n) is 10.6. The molecule has 2 aromatic heterocycles. The number of anilines is 2. The second-order valence-electron chi connectivity index (χ2n) is 3.80. The van der Waals surface area contributed by atoms with Crippen molar-refractivity contribution in [3.63, 3.8) is 0 Å². The van der Waals surface area contributed by atoms with Gasteiger partial charge >= 0.3 is 0 Å². The number of hydrogen-bond acceptors (Lipinski definition) is 10. The first-order valence-corrected chi connectivity index (χ1v) is 6.94. The lowest BCUT2D eigenvalue weighted by molar-refractivity contribution is -0.385. The summed E-state index contributed by atoms with van der Waals surface area (Å²) in [5.41, 5.74) is 2.21. The fourth-order valence-corrected chi connectivity index (χ4v) is 2.97. The van der Waals surface area contributed by atoms with Gasteiger partial charge in [-0.05, 0) is 11.8 Å². The van der Waals surface area contributed by atoms with Crippen LogP contribution in [0.1, 0.15) is 0 Å². The van der Waals surface area contributed by atoms with Crippen LogP contribution in [0.3, 0.4) is 0 Å². The predicted molar refractivity (Wildman–Crippen MR) is 77.1 cm³/mol. The molecule has 0 aliphatic heterocycles. The molecular formula is C9H11N7O2S2. The van der Waals surface area contributed by atoms with Crippen molar-refractivity contribution in [1.29, 1.82) is 0 Å². The number of nitrogen functional groups attached to an aromatic ring is 1. The Morgan fingerprint density at radius 2 is 2.20 bits per heavy atom. The van der Waals surface area contributed by atoms with E-state index in [0.717, 1.165) is 5.13 Å². The van der Waals surface area contributed by atoms with E-state index in [1.54, 1.807) is 0 Å². The molecule has 11 heteroatoms. The second-order valence-corrected chi connectivity index (χ2v) is 6.02. The van der Waals surface area contributed by atoms with Crippen LogP contribution in [0, 0.1) is 10.1 Å². The molecule has 0 aliphatic rings. The summed E-state index contributed by atoms with van der Waals surface area (Å²) < 4.78 is 0.643. The Morgan fingerprint density at radius 1 is 1.45 bits per heavy atom. The molecule has 0 spiro atoms. The number of nitrogens with zero attached hydrogens (tertiary/aromatic N) is 5. The molecule has 0 aromatic carbocycles. The predicted octanol–water partition coefficient (Wildman–Crippen LogP) is 1.34. The Kier molecular flexibility index (Phi) is 4.32. The van der Waals surface area contributed by atoms with E-state index < -0.39 is 4.92 Å². The van der Waals surface area contributed by atoms with Gasteiger partial charge in [0.05, 0.1) is 11.0 Å². The summed E-state index contributed by atoms with van der Waals surface area (Å²) in [7, 11) is 3.72. The minimum Gasteiger partial charge on any atom is -0.353 e. The van der Waals surface area contributed by atoms with Crippen LogP contribution >= 0.6 is 23.1 Å². The maximum absolute atomic E-state index is 10.8. The summed E-state index contributed by atoms with van der Waals surface area (Å²) in [6, 6.07) is 2.62. The fourth-order valence-electron chi connectivity index (χ4n) is 1.24. The molecule has 2 aromatic rings. The van der Waals surface area contributed by atoms with Crippen molar-refractivity contribution in [3.8, 4) is 0 Å². The van der Waals surface area contributed by atoms with Crippen LogP contribution in [0.15, 0.2) is 21.5 Å². The van der Waals surface area contributed by atoms with Gasteiger partial charge in [0.15, 0.2) is 4.34 Å². The molecule has 0 aliphatic carbocycles. The number of nitro groups is 1. The van der Waals surface area contributed by atoms with Crippen molar-refractivity contribution in [1.82, 2.24) is 15.2 Å². The van der Waals surface area contributed by atoms with Gasteiger partial charge in [-0.1, -0.05) is 11.3 Å². The molecule has 20 heavy (non-hydrogen) atoms. The molecule has 0 unspecified atom stereocenters. The Labute approximate surface area is 122 Å². The monoisotopic (exact) mass is 313 g/mol. The maximum Gasteiger partial charge on any atom is 0.275 e. The van der Waals surface area contributed by atoms with Gasteiger partial charge in [0, 0.05) is 20.2 Å². The van der Waals surface area contributed by atoms with Crippen LogP contribution in [-0.2, 0) is 0 Å². The van der Waals surface area contributed by atoms with Gasteiger partial charge in [0.1, 0.15) is 10.8 Å². The highest BCUT2D eigenvalue weighted by atomic mass is 32.2. The molecule has 0 bridgehead atoms. The zero-order valence-corrected chi connectivity index (χ0v) is 12.2. The van der Waals surface area contributed by atoms with E-state index in [1.165, 1.54) is 35.2 Å². The lowest BCUT2D eigenvalue weighted by atomic mass is 10.4. The standard InChI is InChI=1S/C9H11N7O2S2/c1-15(2)8-13-14-9(20-8)19-7-4-5(16(17)18)3-6(11-7)12-10/h3-4H,10H2,1-2H3,(H,11,12). The van der Waals surface area contributed by atoms with E-state index in [-0.39, 0.29) is 11.5 Å². The molecule has 3 N–H and O–H groups in total. The van der Waals surface area contributed by atoms with Crippen molar-refractivity contribution in [2.45, 2.75) is 9.37 Å². The number of rotatable bonds is 5. The third-order valence-corrected chi connectivity index (χ3v) is 4.18. The van der Waals surface area contributed by atoms with Gasteiger partial charge in [-0.3, -0.25) is 10.1 Å². The number of pyridine rings is 1. The molecule has 0 radical (unpaired) electrons. The summed E-state index contributed by atoms with van der Waals surface area (Å²) in [4.78, 5) is 16.3. The summed E-state index contributed by atoms with van der Waals surface area (Å²) in [6.45, 7) is 0. The highest BCUT2D eigenvalue weighted by Crippen LogP contribution is 2.33. The van der Waals surface area contributed by atoms with Crippen LogP contribution in [0.5, 0.6) is 0 Å². The molecule has 2 rings (SSSR count). The van der Waals surface area contributed by atoms with Crippen LogP contribution in [0.4, 0.5) is 16.6 Å². The van der Waals surface area contributed by atoms with Gasteiger partial charge in [-0.2, -0.15) is 0 Å². The van der Waals surface area contributed by atoms with Crippen LogP contribution in [0.25, 0.3) is 0 Å². The van der Waals surface area contributed by atoms with Crippen molar-refractivity contribution >= 4 is 39.7 Å². The maximum atomic E-state index is 10.8. The van der Waals surface area contributed by atoms with Crippen molar-refractivity contribution in [3.05, 3.63) is 22.2 Å². The minimum absolute atomic E-state index is 0.0900. The summed E-state index contributed by atoms with van der Waals surface area (Å²) in [6.07, 6.45) is 0. The topological polar surface area (TPSA) is 123 Å². The Balaban J connectivity index is 2.27. The third-order valence-electron chi connectivity index (χ3n) is 2.12. The van der Waals surface area contributed by atoms with E-state index in [2.05, 4.69) is 20.6 Å². The fraction of sp³-hybridized carbons (Fsp3) is 0.222. The molecule has 0 saturated heterocycles. The number of aromatic nitrogens is 3. The van der Waals surface area contributed by atoms with Crippen molar-refractivity contribution in [2.75, 3.05) is 24.4 Å². The van der Waals surface area contributed by atoms with Gasteiger partial charge < -0.3 is 10.3 Å². The van der Waals surface area contributed by atoms with Crippen LogP contribution in [0.2, 0.25) is 0 Å². The zero-order chi connectivity index (χ0) is 14.7. The number of hydrazine groups is 1. The van der Waals surface area contributed by atoms with E-state index >= 15 is 0 Å². The Bertz CT molecular complexity index is 631. The number of hydrogen-bond donors (Lipinski definition) is 2. The smallest absolute Gasteiger partial charge is 0.275 e. The first-order valence-electron chi connectivity index (χ1n) is 5.31. The van der Waals surface area contributed by atoms with Crippen molar-refractivity contribution < 1.29 is 4.92 Å². The molecule has 2 heterocycles. The van der Waals surface area contributed by atoms with Gasteiger partial charge in [-0.25, -0.2) is 10.8 Å². The summed E-state index contributed by atoms with van der Waals surface area (Å²) in [5, 5.41) is 20.0. The highest BCUT2D eigenvalue weighted by molar-refractivity contribution is 8.01. The molecule has 106 valence electrons. The Morgan fingerprint density at radius 3 is 2.75 bits per heavy atom. The second kappa shape index (κ2) is 5.98. The normalized spacial score (nSPS) is 10.3. The first kappa shape index (κ1) is 14.4. The number of nitrogens with one attached hydrogen (secondary N) is 1. The average Bonchev–Trinajstić information content (AvgIpc) is 2.87. The lowest BCUT2D eigenvalue weighted by Crippen LogP contribution is -2.09. The quantitative estimate of drug-likeness (QED) is 0.478.